The Bertz CT molecular complexity index is 598. The Labute approximate surface area is 114 Å². The molecule has 19 heavy (non-hydrogen) atoms. The summed E-state index contributed by atoms with van der Waals surface area (Å²) in [7, 11) is 0. The summed E-state index contributed by atoms with van der Waals surface area (Å²) < 4.78 is 10.4. The second-order valence-corrected chi connectivity index (χ2v) is 4.28. The maximum Gasteiger partial charge on any atom is 0.287 e. The van der Waals surface area contributed by atoms with Gasteiger partial charge in [-0.3, -0.25) is 10.2 Å². The van der Waals surface area contributed by atoms with Gasteiger partial charge in [0.25, 0.3) is 5.91 Å². The third-order valence-corrected chi connectivity index (χ3v) is 2.68. The number of nitrogens with zero attached hydrogens (tertiary/aromatic N) is 1. The third-order valence-electron chi connectivity index (χ3n) is 2.38. The molecule has 2 aromatic rings. The van der Waals surface area contributed by atoms with Crippen molar-refractivity contribution in [1.29, 1.82) is 0 Å². The second kappa shape index (κ2) is 5.73. The van der Waals surface area contributed by atoms with Gasteiger partial charge < -0.3 is 9.26 Å². The molecule has 0 atom stereocenters. The maximum atomic E-state index is 11.2. The van der Waals surface area contributed by atoms with Gasteiger partial charge in [-0.15, -0.1) is 0 Å². The van der Waals surface area contributed by atoms with E-state index in [1.54, 1.807) is 12.1 Å². The standard InChI is InChI=1S/C12H12ClN3O3/c1-7-2-3-11(9(13)4-7)18-6-8-5-10(16-19-8)12(17)15-14/h2-5H,6,14H2,1H3,(H,15,17). The molecule has 2 rings (SSSR count). The van der Waals surface area contributed by atoms with Crippen LogP contribution in [0.3, 0.4) is 0 Å². The number of amides is 1. The van der Waals surface area contributed by atoms with Crippen molar-refractivity contribution in [2.75, 3.05) is 0 Å². The fourth-order valence-electron chi connectivity index (χ4n) is 1.43. The Balaban J connectivity index is 2.02. The minimum atomic E-state index is -0.525. The highest BCUT2D eigenvalue weighted by Gasteiger charge is 2.12. The number of aryl methyl sites for hydroxylation is 1. The fourth-order valence-corrected chi connectivity index (χ4v) is 1.72. The van der Waals surface area contributed by atoms with E-state index in [-0.39, 0.29) is 12.3 Å². The molecule has 0 saturated carbocycles. The van der Waals surface area contributed by atoms with Crippen LogP contribution < -0.4 is 16.0 Å². The highest BCUT2D eigenvalue weighted by atomic mass is 35.5. The first-order chi connectivity index (χ1) is 9.10. The lowest BCUT2D eigenvalue weighted by molar-refractivity contribution is 0.0944. The van der Waals surface area contributed by atoms with Gasteiger partial charge in [0, 0.05) is 6.07 Å². The minimum Gasteiger partial charge on any atom is -0.484 e. The van der Waals surface area contributed by atoms with Gasteiger partial charge in [0.2, 0.25) is 0 Å². The molecule has 6 nitrogen and oxygen atoms in total. The topological polar surface area (TPSA) is 90.4 Å². The van der Waals surface area contributed by atoms with Crippen molar-refractivity contribution >= 4 is 17.5 Å². The molecule has 1 heterocycles. The van der Waals surface area contributed by atoms with Gasteiger partial charge in [0.05, 0.1) is 5.02 Å². The molecule has 1 amide bonds. The molecule has 0 aliphatic carbocycles. The second-order valence-electron chi connectivity index (χ2n) is 3.87. The molecule has 3 N–H and O–H groups in total. The summed E-state index contributed by atoms with van der Waals surface area (Å²) in [5.74, 6) is 5.39. The molecule has 0 saturated heterocycles. The molecular weight excluding hydrogens is 270 g/mol. The highest BCUT2D eigenvalue weighted by molar-refractivity contribution is 6.32. The van der Waals surface area contributed by atoms with Gasteiger partial charge in [-0.05, 0) is 24.6 Å². The normalized spacial score (nSPS) is 10.3. The summed E-state index contributed by atoms with van der Waals surface area (Å²) in [5.41, 5.74) is 3.09. The molecule has 7 heteroatoms. The maximum absolute atomic E-state index is 11.2. The summed E-state index contributed by atoms with van der Waals surface area (Å²) in [5, 5.41) is 4.07. The van der Waals surface area contributed by atoms with Crippen LogP contribution in [0.2, 0.25) is 5.02 Å². The lowest BCUT2D eigenvalue weighted by Gasteiger charge is -2.06. The largest absolute Gasteiger partial charge is 0.484 e. The number of aromatic nitrogens is 1. The quantitative estimate of drug-likeness (QED) is 0.507. The SMILES string of the molecule is Cc1ccc(OCc2cc(C(=O)NN)no2)c(Cl)c1. The van der Waals surface area contributed by atoms with E-state index in [1.807, 2.05) is 18.4 Å². The summed E-state index contributed by atoms with van der Waals surface area (Å²) >= 11 is 6.02. The van der Waals surface area contributed by atoms with E-state index in [0.29, 0.717) is 16.5 Å². The van der Waals surface area contributed by atoms with Crippen molar-refractivity contribution < 1.29 is 14.1 Å². The highest BCUT2D eigenvalue weighted by Crippen LogP contribution is 2.26. The van der Waals surface area contributed by atoms with Gasteiger partial charge >= 0.3 is 0 Å². The molecular formula is C12H12ClN3O3. The van der Waals surface area contributed by atoms with Gasteiger partial charge in [-0.2, -0.15) is 0 Å². The molecule has 0 aliphatic heterocycles. The zero-order valence-electron chi connectivity index (χ0n) is 10.1. The number of hydrogen-bond acceptors (Lipinski definition) is 5. The average Bonchev–Trinajstić information content (AvgIpc) is 2.85. The number of ether oxygens (including phenoxy) is 1. The summed E-state index contributed by atoms with van der Waals surface area (Å²) in [4.78, 5) is 11.2. The number of carbonyl (C=O) groups is 1. The van der Waals surface area contributed by atoms with Gasteiger partial charge in [-0.1, -0.05) is 22.8 Å². The minimum absolute atomic E-state index is 0.0936. The Hall–Kier alpha value is -2.05. The molecule has 0 fully saturated rings. The summed E-state index contributed by atoms with van der Waals surface area (Å²) in [6.07, 6.45) is 0. The molecule has 0 bridgehead atoms. The van der Waals surface area contributed by atoms with E-state index in [9.17, 15) is 4.79 Å². The number of benzene rings is 1. The van der Waals surface area contributed by atoms with E-state index in [1.165, 1.54) is 6.07 Å². The first-order valence-electron chi connectivity index (χ1n) is 5.45. The van der Waals surface area contributed by atoms with Crippen molar-refractivity contribution in [2.45, 2.75) is 13.5 Å². The molecule has 1 aromatic carbocycles. The van der Waals surface area contributed by atoms with E-state index in [4.69, 9.17) is 26.7 Å². The van der Waals surface area contributed by atoms with Crippen molar-refractivity contribution in [1.82, 2.24) is 10.6 Å². The fraction of sp³-hybridized carbons (Fsp3) is 0.167. The number of hydrazine groups is 1. The molecule has 0 radical (unpaired) electrons. The van der Waals surface area contributed by atoms with E-state index in [2.05, 4.69) is 5.16 Å². The summed E-state index contributed by atoms with van der Waals surface area (Å²) in [6.45, 7) is 2.05. The number of halogens is 1. The molecule has 1 aromatic heterocycles. The van der Waals surface area contributed by atoms with E-state index < -0.39 is 5.91 Å². The van der Waals surface area contributed by atoms with Crippen molar-refractivity contribution in [2.24, 2.45) is 5.84 Å². The zero-order valence-corrected chi connectivity index (χ0v) is 10.9. The van der Waals surface area contributed by atoms with Crippen LogP contribution in [0.5, 0.6) is 5.75 Å². The molecule has 0 spiro atoms. The smallest absolute Gasteiger partial charge is 0.287 e. The van der Waals surface area contributed by atoms with Crippen LogP contribution in [-0.4, -0.2) is 11.1 Å². The Morgan fingerprint density at radius 3 is 3.00 bits per heavy atom. The van der Waals surface area contributed by atoms with Crippen molar-refractivity contribution in [3.05, 3.63) is 46.3 Å². The van der Waals surface area contributed by atoms with E-state index >= 15 is 0 Å². The number of rotatable bonds is 4. The van der Waals surface area contributed by atoms with Crippen LogP contribution in [0, 0.1) is 6.92 Å². The van der Waals surface area contributed by atoms with E-state index in [0.717, 1.165) is 5.56 Å². The van der Waals surface area contributed by atoms with Crippen LogP contribution in [0.15, 0.2) is 28.8 Å². The van der Waals surface area contributed by atoms with Crippen molar-refractivity contribution in [3.63, 3.8) is 0 Å². The van der Waals surface area contributed by atoms with Crippen LogP contribution >= 0.6 is 11.6 Å². The number of hydrogen-bond donors (Lipinski definition) is 2. The Morgan fingerprint density at radius 1 is 1.53 bits per heavy atom. The van der Waals surface area contributed by atoms with Crippen LogP contribution in [0.4, 0.5) is 0 Å². The third kappa shape index (κ3) is 3.24. The van der Waals surface area contributed by atoms with Gasteiger partial charge in [0.15, 0.2) is 11.5 Å². The predicted molar refractivity (Wildman–Crippen MR) is 68.7 cm³/mol. The van der Waals surface area contributed by atoms with Gasteiger partial charge in [0.1, 0.15) is 12.4 Å². The first kappa shape index (κ1) is 13.4. The zero-order chi connectivity index (χ0) is 13.8. The lowest BCUT2D eigenvalue weighted by atomic mass is 10.2. The lowest BCUT2D eigenvalue weighted by Crippen LogP contribution is -2.30. The van der Waals surface area contributed by atoms with Crippen LogP contribution in [0.1, 0.15) is 21.8 Å². The summed E-state index contributed by atoms with van der Waals surface area (Å²) in [6, 6.07) is 6.89. The Morgan fingerprint density at radius 2 is 2.32 bits per heavy atom. The predicted octanol–water partition coefficient (Wildman–Crippen LogP) is 1.82. The molecule has 100 valence electrons. The molecule has 0 aliphatic rings. The Kier molecular flexibility index (Phi) is 4.03. The average molecular weight is 282 g/mol. The number of nitrogens with two attached hydrogens (primary N) is 1. The molecule has 0 unspecified atom stereocenters. The van der Waals surface area contributed by atoms with Crippen LogP contribution in [0.25, 0.3) is 0 Å². The number of nitrogen functional groups attached to an aromatic ring is 1. The monoisotopic (exact) mass is 281 g/mol. The van der Waals surface area contributed by atoms with Crippen molar-refractivity contribution in [3.8, 4) is 5.75 Å². The number of nitrogens with one attached hydrogen (secondary N) is 1. The van der Waals surface area contributed by atoms with Crippen LogP contribution in [-0.2, 0) is 6.61 Å². The van der Waals surface area contributed by atoms with Gasteiger partial charge in [-0.25, -0.2) is 5.84 Å². The first-order valence-corrected chi connectivity index (χ1v) is 5.83. The number of carbonyl (C=O) groups excluding carboxylic acids is 1.